The van der Waals surface area contributed by atoms with Crippen molar-refractivity contribution in [1.29, 1.82) is 0 Å². The van der Waals surface area contributed by atoms with Crippen molar-refractivity contribution < 1.29 is 23.1 Å². The van der Waals surface area contributed by atoms with E-state index in [9.17, 15) is 14.0 Å². The van der Waals surface area contributed by atoms with Gasteiger partial charge in [0.05, 0.1) is 0 Å². The van der Waals surface area contributed by atoms with Crippen molar-refractivity contribution in [3.63, 3.8) is 0 Å². The quantitative estimate of drug-likeness (QED) is 0.564. The third-order valence-corrected chi connectivity index (χ3v) is 3.39. The highest BCUT2D eigenvalue weighted by atomic mass is 35.5. The molecule has 0 radical (unpaired) electrons. The molecule has 116 valence electrons. The smallest absolute Gasteiger partial charge is 0.412 e. The van der Waals surface area contributed by atoms with Crippen molar-refractivity contribution >= 4 is 34.6 Å². The molecule has 0 aliphatic carbocycles. The number of ether oxygens (including phenoxy) is 1. The van der Waals surface area contributed by atoms with E-state index in [1.165, 1.54) is 30.3 Å². The summed E-state index contributed by atoms with van der Waals surface area (Å²) in [6.45, 7) is 0. The molecule has 0 aliphatic heterocycles. The van der Waals surface area contributed by atoms with Crippen LogP contribution in [0.15, 0.2) is 46.9 Å². The summed E-state index contributed by atoms with van der Waals surface area (Å²) < 4.78 is 23.2. The molecule has 1 amide bonds. The average Bonchev–Trinajstić information content (AvgIpc) is 2.85. The van der Waals surface area contributed by atoms with Crippen LogP contribution in [0.25, 0.3) is 22.3 Å². The first-order valence-corrected chi connectivity index (χ1v) is 6.83. The zero-order valence-corrected chi connectivity index (χ0v) is 12.3. The Morgan fingerprint density at radius 2 is 1.83 bits per heavy atom. The fraction of sp³-hybridized carbons (Fsp3) is 0. The fourth-order valence-corrected chi connectivity index (χ4v) is 2.39. The normalized spacial score (nSPS) is 10.7. The number of furan rings is 1. The summed E-state index contributed by atoms with van der Waals surface area (Å²) in [4.78, 5) is 23.1. The SMILES string of the molecule is NC(=O)OC(=O)c1c(-c2ccc(F)cc2)oc2ccc(Cl)cc12. The average molecular weight is 334 g/mol. The number of carbonyl (C=O) groups is 2. The number of nitrogens with two attached hydrogens (primary N) is 1. The number of hydrogen-bond donors (Lipinski definition) is 1. The topological polar surface area (TPSA) is 82.5 Å². The number of amides is 1. The molecule has 5 nitrogen and oxygen atoms in total. The van der Waals surface area contributed by atoms with E-state index in [1.807, 2.05) is 0 Å². The second kappa shape index (κ2) is 5.73. The standard InChI is InChI=1S/C16H9ClFNO4/c17-9-3-6-12-11(7-9)13(15(20)23-16(19)21)14(22-12)8-1-4-10(18)5-2-8/h1-7H,(H2,19,21). The lowest BCUT2D eigenvalue weighted by atomic mass is 10.1. The molecule has 2 aromatic carbocycles. The summed E-state index contributed by atoms with van der Waals surface area (Å²) in [6.07, 6.45) is -1.24. The Kier molecular flexibility index (Phi) is 3.75. The van der Waals surface area contributed by atoms with E-state index in [-0.39, 0.29) is 11.3 Å². The fourth-order valence-electron chi connectivity index (χ4n) is 2.22. The Hall–Kier alpha value is -2.86. The van der Waals surface area contributed by atoms with Gasteiger partial charge in [0.25, 0.3) is 0 Å². The minimum Gasteiger partial charge on any atom is -0.455 e. The van der Waals surface area contributed by atoms with Crippen molar-refractivity contribution in [3.05, 3.63) is 58.9 Å². The summed E-state index contributed by atoms with van der Waals surface area (Å²) in [7, 11) is 0. The summed E-state index contributed by atoms with van der Waals surface area (Å²) in [6, 6.07) is 9.99. The van der Waals surface area contributed by atoms with Crippen LogP contribution in [-0.2, 0) is 4.74 Å². The highest BCUT2D eigenvalue weighted by molar-refractivity contribution is 6.31. The number of rotatable bonds is 2. The maximum atomic E-state index is 13.1. The van der Waals surface area contributed by atoms with Gasteiger partial charge in [-0.3, -0.25) is 0 Å². The summed E-state index contributed by atoms with van der Waals surface area (Å²) in [5.74, 6) is -1.28. The van der Waals surface area contributed by atoms with Crippen LogP contribution in [0.5, 0.6) is 0 Å². The van der Waals surface area contributed by atoms with Gasteiger partial charge in [-0.25, -0.2) is 14.0 Å². The third kappa shape index (κ3) is 2.89. The first-order chi connectivity index (χ1) is 11.0. The van der Waals surface area contributed by atoms with E-state index in [4.69, 9.17) is 21.8 Å². The number of carbonyl (C=O) groups excluding carboxylic acids is 2. The molecule has 1 aromatic heterocycles. The molecule has 0 saturated carbocycles. The highest BCUT2D eigenvalue weighted by Gasteiger charge is 2.25. The van der Waals surface area contributed by atoms with Crippen LogP contribution in [0.1, 0.15) is 10.4 Å². The van der Waals surface area contributed by atoms with Gasteiger partial charge in [-0.05, 0) is 42.5 Å². The van der Waals surface area contributed by atoms with Crippen molar-refractivity contribution in [3.8, 4) is 11.3 Å². The van der Waals surface area contributed by atoms with E-state index in [2.05, 4.69) is 4.74 Å². The van der Waals surface area contributed by atoms with E-state index in [1.54, 1.807) is 12.1 Å². The Morgan fingerprint density at radius 1 is 1.13 bits per heavy atom. The second-order valence-electron chi connectivity index (χ2n) is 4.66. The van der Waals surface area contributed by atoms with Crippen LogP contribution in [0.4, 0.5) is 9.18 Å². The predicted molar refractivity (Wildman–Crippen MR) is 81.6 cm³/mol. The minimum atomic E-state index is -1.24. The number of hydrogen-bond acceptors (Lipinski definition) is 4. The molecular formula is C16H9ClFNO4. The Balaban J connectivity index is 2.25. The largest absolute Gasteiger partial charge is 0.455 e. The molecule has 2 N–H and O–H groups in total. The van der Waals surface area contributed by atoms with Crippen LogP contribution < -0.4 is 5.73 Å². The van der Waals surface area contributed by atoms with Gasteiger partial charge in [-0.1, -0.05) is 11.6 Å². The molecule has 0 atom stereocenters. The third-order valence-electron chi connectivity index (χ3n) is 3.15. The minimum absolute atomic E-state index is 0.00657. The maximum absolute atomic E-state index is 13.1. The van der Waals surface area contributed by atoms with Crippen LogP contribution >= 0.6 is 11.6 Å². The summed E-state index contributed by atoms with van der Waals surface area (Å²) in [5.41, 5.74) is 5.69. The van der Waals surface area contributed by atoms with Crippen LogP contribution in [-0.4, -0.2) is 12.1 Å². The van der Waals surface area contributed by atoms with Gasteiger partial charge >= 0.3 is 12.1 Å². The molecule has 0 bridgehead atoms. The first kappa shape index (κ1) is 15.1. The number of fused-ring (bicyclic) bond motifs is 1. The first-order valence-electron chi connectivity index (χ1n) is 6.45. The van der Waals surface area contributed by atoms with Crippen molar-refractivity contribution in [2.75, 3.05) is 0 Å². The molecule has 0 fully saturated rings. The second-order valence-corrected chi connectivity index (χ2v) is 5.10. The van der Waals surface area contributed by atoms with Gasteiger partial charge in [-0.15, -0.1) is 0 Å². The van der Waals surface area contributed by atoms with Crippen LogP contribution in [0.2, 0.25) is 5.02 Å². The lowest BCUT2D eigenvalue weighted by Gasteiger charge is -2.02. The number of halogens is 2. The molecule has 0 unspecified atom stereocenters. The molecule has 23 heavy (non-hydrogen) atoms. The van der Waals surface area contributed by atoms with Gasteiger partial charge in [0.15, 0.2) is 0 Å². The van der Waals surface area contributed by atoms with E-state index in [0.29, 0.717) is 21.6 Å². The van der Waals surface area contributed by atoms with Gasteiger partial charge in [0.1, 0.15) is 22.7 Å². The van der Waals surface area contributed by atoms with Gasteiger partial charge in [0, 0.05) is 16.0 Å². The molecule has 1 heterocycles. The molecule has 3 aromatic rings. The molecular weight excluding hydrogens is 325 g/mol. The van der Waals surface area contributed by atoms with Crippen LogP contribution in [0, 0.1) is 5.82 Å². The Morgan fingerprint density at radius 3 is 2.48 bits per heavy atom. The van der Waals surface area contributed by atoms with E-state index in [0.717, 1.165) is 0 Å². The number of esters is 1. The highest BCUT2D eigenvalue weighted by Crippen LogP contribution is 2.35. The van der Waals surface area contributed by atoms with Gasteiger partial charge in [0.2, 0.25) is 0 Å². The van der Waals surface area contributed by atoms with E-state index < -0.39 is 17.9 Å². The molecule has 7 heteroatoms. The Labute approximate surface area is 134 Å². The monoisotopic (exact) mass is 333 g/mol. The van der Waals surface area contributed by atoms with Gasteiger partial charge in [-0.2, -0.15) is 0 Å². The molecule has 3 rings (SSSR count). The summed E-state index contributed by atoms with van der Waals surface area (Å²) in [5, 5.41) is 0.736. The number of benzene rings is 2. The van der Waals surface area contributed by atoms with Gasteiger partial charge < -0.3 is 14.9 Å². The molecule has 0 aliphatic rings. The molecule has 0 spiro atoms. The zero-order valence-electron chi connectivity index (χ0n) is 11.5. The van der Waals surface area contributed by atoms with Crippen molar-refractivity contribution in [2.45, 2.75) is 0 Å². The van der Waals surface area contributed by atoms with Crippen molar-refractivity contribution in [1.82, 2.24) is 0 Å². The predicted octanol–water partition coefficient (Wildman–Crippen LogP) is 4.13. The van der Waals surface area contributed by atoms with Crippen molar-refractivity contribution in [2.24, 2.45) is 5.73 Å². The van der Waals surface area contributed by atoms with E-state index >= 15 is 0 Å². The zero-order chi connectivity index (χ0) is 16.6. The summed E-state index contributed by atoms with van der Waals surface area (Å²) >= 11 is 5.94. The lowest BCUT2D eigenvalue weighted by Crippen LogP contribution is -2.18. The lowest BCUT2D eigenvalue weighted by molar-refractivity contribution is 0.0640. The number of primary amides is 1. The maximum Gasteiger partial charge on any atom is 0.412 e. The Bertz CT molecular complexity index is 918. The van der Waals surface area contributed by atoms with Crippen LogP contribution in [0.3, 0.4) is 0 Å². The molecule has 0 saturated heterocycles.